The van der Waals surface area contributed by atoms with Crippen LogP contribution < -0.4 is 0 Å². The van der Waals surface area contributed by atoms with Gasteiger partial charge in [0.15, 0.2) is 0 Å². The lowest BCUT2D eigenvalue weighted by Gasteiger charge is -2.49. The van der Waals surface area contributed by atoms with Crippen LogP contribution in [0.15, 0.2) is 0 Å². The van der Waals surface area contributed by atoms with Gasteiger partial charge >= 0.3 is 6.09 Å². The molecule has 3 heteroatoms. The zero-order chi connectivity index (χ0) is 14.2. The third-order valence-corrected chi connectivity index (χ3v) is 5.49. The molecule has 20 heavy (non-hydrogen) atoms. The first kappa shape index (κ1) is 14.2. The number of ether oxygens (including phenoxy) is 1. The van der Waals surface area contributed by atoms with Crippen LogP contribution in [0.5, 0.6) is 0 Å². The smallest absolute Gasteiger partial charge is 0.410 e. The molecule has 1 saturated heterocycles. The third-order valence-electron chi connectivity index (χ3n) is 5.49. The van der Waals surface area contributed by atoms with E-state index in [-0.39, 0.29) is 11.7 Å². The maximum atomic E-state index is 12.5. The molecule has 114 valence electrons. The zero-order valence-corrected chi connectivity index (χ0v) is 13.1. The van der Waals surface area contributed by atoms with Crippen LogP contribution in [0.2, 0.25) is 0 Å². The molecule has 0 N–H and O–H groups in total. The Balaban J connectivity index is 1.68. The van der Waals surface area contributed by atoms with E-state index in [1.54, 1.807) is 0 Å². The van der Waals surface area contributed by atoms with E-state index < -0.39 is 0 Å². The number of piperidine rings is 1. The highest BCUT2D eigenvalue weighted by molar-refractivity contribution is 5.68. The van der Waals surface area contributed by atoms with Gasteiger partial charge in [-0.2, -0.15) is 0 Å². The van der Waals surface area contributed by atoms with Crippen LogP contribution >= 0.6 is 0 Å². The van der Waals surface area contributed by atoms with E-state index in [1.807, 2.05) is 4.90 Å². The predicted molar refractivity (Wildman–Crippen MR) is 79.5 cm³/mol. The van der Waals surface area contributed by atoms with Crippen molar-refractivity contribution in [3.63, 3.8) is 0 Å². The molecule has 0 aromatic carbocycles. The summed E-state index contributed by atoms with van der Waals surface area (Å²) in [6.45, 7) is 6.43. The van der Waals surface area contributed by atoms with Crippen molar-refractivity contribution in [2.45, 2.75) is 70.8 Å². The molecule has 0 aromatic heterocycles. The van der Waals surface area contributed by atoms with Crippen LogP contribution in [0.4, 0.5) is 4.79 Å². The Morgan fingerprint density at radius 3 is 2.20 bits per heavy atom. The molecule has 3 nitrogen and oxygen atoms in total. The highest BCUT2D eigenvalue weighted by Gasteiger charge is 2.47. The SMILES string of the molecule is CC1CC2CC(C)CC(OC(=O)N3CCCCC3)(C1)C2. The summed E-state index contributed by atoms with van der Waals surface area (Å²) in [6, 6.07) is 0. The average molecular weight is 279 g/mol. The van der Waals surface area contributed by atoms with E-state index in [4.69, 9.17) is 4.74 Å². The van der Waals surface area contributed by atoms with Gasteiger partial charge in [0.1, 0.15) is 5.60 Å². The minimum atomic E-state index is -0.144. The molecule has 1 aliphatic heterocycles. The van der Waals surface area contributed by atoms with Gasteiger partial charge in [-0.1, -0.05) is 13.8 Å². The standard InChI is InChI=1S/C17H29NO2/c1-13-8-15-9-14(2)11-17(10-13,12-15)20-16(19)18-6-4-3-5-7-18/h13-15H,3-12H2,1-2H3. The normalized spacial score (nSPS) is 41.3. The van der Waals surface area contributed by atoms with Crippen LogP contribution in [0.1, 0.15) is 65.2 Å². The Hall–Kier alpha value is -0.730. The Morgan fingerprint density at radius 2 is 1.60 bits per heavy atom. The molecule has 2 unspecified atom stereocenters. The Morgan fingerprint density at radius 1 is 1.00 bits per heavy atom. The number of amides is 1. The summed E-state index contributed by atoms with van der Waals surface area (Å²) < 4.78 is 6.12. The molecule has 3 rings (SSSR count). The van der Waals surface area contributed by atoms with Gasteiger partial charge in [-0.25, -0.2) is 4.79 Å². The highest BCUT2D eigenvalue weighted by Crippen LogP contribution is 2.49. The number of hydrogen-bond donors (Lipinski definition) is 0. The third kappa shape index (κ3) is 2.96. The zero-order valence-electron chi connectivity index (χ0n) is 13.1. The van der Waals surface area contributed by atoms with Crippen LogP contribution in [-0.4, -0.2) is 29.7 Å². The first-order chi connectivity index (χ1) is 9.56. The second kappa shape index (κ2) is 5.57. The number of likely N-dealkylation sites (tertiary alicyclic amines) is 1. The lowest BCUT2D eigenvalue weighted by molar-refractivity contribution is -0.0969. The highest BCUT2D eigenvalue weighted by atomic mass is 16.6. The first-order valence-electron chi connectivity index (χ1n) is 8.54. The molecular weight excluding hydrogens is 250 g/mol. The number of carbonyl (C=O) groups excluding carboxylic acids is 1. The van der Waals surface area contributed by atoms with Gasteiger partial charge in [0.05, 0.1) is 0 Å². The number of fused-ring (bicyclic) bond motifs is 2. The van der Waals surface area contributed by atoms with E-state index in [9.17, 15) is 4.79 Å². The van der Waals surface area contributed by atoms with E-state index in [2.05, 4.69) is 13.8 Å². The van der Waals surface area contributed by atoms with Gasteiger partial charge in [0, 0.05) is 13.1 Å². The topological polar surface area (TPSA) is 29.5 Å². The minimum absolute atomic E-state index is 0.0355. The number of nitrogens with zero attached hydrogens (tertiary/aromatic N) is 1. The fourth-order valence-electron chi connectivity index (χ4n) is 5.07. The van der Waals surface area contributed by atoms with Crippen molar-refractivity contribution in [2.75, 3.05) is 13.1 Å². The molecule has 2 atom stereocenters. The fraction of sp³-hybridized carbons (Fsp3) is 0.941. The second-order valence-electron chi connectivity index (χ2n) is 7.76. The maximum absolute atomic E-state index is 12.5. The van der Waals surface area contributed by atoms with Crippen molar-refractivity contribution < 1.29 is 9.53 Å². The largest absolute Gasteiger partial charge is 0.443 e. The van der Waals surface area contributed by atoms with Gasteiger partial charge in [-0.05, 0) is 69.1 Å². The Bertz CT molecular complexity index is 342. The summed E-state index contributed by atoms with van der Waals surface area (Å²) in [5.41, 5.74) is -0.144. The number of rotatable bonds is 1. The molecule has 1 heterocycles. The fourth-order valence-corrected chi connectivity index (χ4v) is 5.07. The minimum Gasteiger partial charge on any atom is -0.443 e. The summed E-state index contributed by atoms with van der Waals surface area (Å²) in [6.07, 6.45) is 9.41. The van der Waals surface area contributed by atoms with E-state index in [1.165, 1.54) is 19.3 Å². The Labute approximate surface area is 123 Å². The van der Waals surface area contributed by atoms with Crippen molar-refractivity contribution in [3.8, 4) is 0 Å². The maximum Gasteiger partial charge on any atom is 0.410 e. The van der Waals surface area contributed by atoms with Crippen molar-refractivity contribution in [3.05, 3.63) is 0 Å². The van der Waals surface area contributed by atoms with E-state index in [0.29, 0.717) is 11.8 Å². The molecule has 2 saturated carbocycles. The van der Waals surface area contributed by atoms with Crippen molar-refractivity contribution in [1.82, 2.24) is 4.90 Å². The van der Waals surface area contributed by atoms with Crippen LogP contribution in [0.25, 0.3) is 0 Å². The molecular formula is C17H29NO2. The van der Waals surface area contributed by atoms with Gasteiger partial charge in [0.2, 0.25) is 0 Å². The van der Waals surface area contributed by atoms with Crippen molar-refractivity contribution in [1.29, 1.82) is 0 Å². The van der Waals surface area contributed by atoms with Gasteiger partial charge < -0.3 is 9.64 Å². The van der Waals surface area contributed by atoms with Crippen LogP contribution in [-0.2, 0) is 4.74 Å². The summed E-state index contributed by atoms with van der Waals surface area (Å²) in [5, 5.41) is 0. The van der Waals surface area contributed by atoms with Gasteiger partial charge in [0.25, 0.3) is 0 Å². The molecule has 0 spiro atoms. The molecule has 1 amide bonds. The molecule has 2 aliphatic carbocycles. The lowest BCUT2D eigenvalue weighted by Crippen LogP contribution is -2.50. The van der Waals surface area contributed by atoms with Crippen LogP contribution in [0.3, 0.4) is 0 Å². The van der Waals surface area contributed by atoms with Gasteiger partial charge in [-0.3, -0.25) is 0 Å². The quantitative estimate of drug-likeness (QED) is 0.719. The average Bonchev–Trinajstić information content (AvgIpc) is 2.37. The number of hydrogen-bond acceptors (Lipinski definition) is 2. The monoisotopic (exact) mass is 279 g/mol. The van der Waals surface area contributed by atoms with Gasteiger partial charge in [-0.15, -0.1) is 0 Å². The van der Waals surface area contributed by atoms with E-state index in [0.717, 1.165) is 51.1 Å². The van der Waals surface area contributed by atoms with Crippen molar-refractivity contribution in [2.24, 2.45) is 17.8 Å². The van der Waals surface area contributed by atoms with Crippen LogP contribution in [0, 0.1) is 17.8 Å². The summed E-state index contributed by atoms with van der Waals surface area (Å²) in [4.78, 5) is 14.4. The predicted octanol–water partition coefficient (Wildman–Crippen LogP) is 4.21. The molecule has 0 aromatic rings. The lowest BCUT2D eigenvalue weighted by atomic mass is 9.63. The second-order valence-corrected chi connectivity index (χ2v) is 7.76. The molecule has 2 bridgehead atoms. The Kier molecular flexibility index (Phi) is 3.96. The van der Waals surface area contributed by atoms with E-state index >= 15 is 0 Å². The van der Waals surface area contributed by atoms with Crippen molar-refractivity contribution >= 4 is 6.09 Å². The summed E-state index contributed by atoms with van der Waals surface area (Å²) in [7, 11) is 0. The molecule has 3 fully saturated rings. The molecule has 3 aliphatic rings. The molecule has 0 radical (unpaired) electrons. The number of carbonyl (C=O) groups is 1. The summed E-state index contributed by atoms with van der Waals surface area (Å²) >= 11 is 0. The first-order valence-corrected chi connectivity index (χ1v) is 8.54. The summed E-state index contributed by atoms with van der Waals surface area (Å²) in [5.74, 6) is 2.18.